The summed E-state index contributed by atoms with van der Waals surface area (Å²) in [4.78, 5) is 28.3. The van der Waals surface area contributed by atoms with Gasteiger partial charge >= 0.3 is 0 Å². The summed E-state index contributed by atoms with van der Waals surface area (Å²) in [7, 11) is 4.62. The number of methoxy groups -OCH3 is 3. The number of amides is 2. The van der Waals surface area contributed by atoms with Crippen LogP contribution in [0.4, 0.5) is 5.69 Å². The second-order valence-electron chi connectivity index (χ2n) is 8.37. The fraction of sp³-hybridized carbons (Fsp3) is 0.286. The van der Waals surface area contributed by atoms with Gasteiger partial charge < -0.3 is 24.4 Å². The van der Waals surface area contributed by atoms with Gasteiger partial charge in [0.1, 0.15) is 0 Å². The van der Waals surface area contributed by atoms with Crippen LogP contribution in [0.25, 0.3) is 0 Å². The molecule has 4 rings (SSSR count). The smallest absolute Gasteiger partial charge is 0.255 e. The van der Waals surface area contributed by atoms with Crippen molar-refractivity contribution in [3.8, 4) is 17.2 Å². The Morgan fingerprint density at radius 2 is 1.63 bits per heavy atom. The van der Waals surface area contributed by atoms with Gasteiger partial charge in [0, 0.05) is 17.8 Å². The van der Waals surface area contributed by atoms with Gasteiger partial charge in [-0.15, -0.1) is 0 Å². The Hall–Kier alpha value is -4.00. The Labute approximate surface area is 205 Å². The number of anilines is 1. The van der Waals surface area contributed by atoms with Crippen LogP contribution in [0.1, 0.15) is 46.4 Å². The summed E-state index contributed by atoms with van der Waals surface area (Å²) in [6.45, 7) is 2.50. The minimum absolute atomic E-state index is 0.0634. The molecule has 0 bridgehead atoms. The number of carbonyl (C=O) groups excluding carboxylic acids is 2. The molecule has 1 atom stereocenters. The van der Waals surface area contributed by atoms with E-state index < -0.39 is 6.04 Å². The van der Waals surface area contributed by atoms with Gasteiger partial charge in [0.2, 0.25) is 11.7 Å². The van der Waals surface area contributed by atoms with Gasteiger partial charge in [-0.1, -0.05) is 37.3 Å². The van der Waals surface area contributed by atoms with E-state index in [1.54, 1.807) is 31.3 Å². The van der Waals surface area contributed by atoms with Gasteiger partial charge in [-0.05, 0) is 53.4 Å². The van der Waals surface area contributed by atoms with Crippen LogP contribution in [0.5, 0.6) is 17.2 Å². The number of benzene rings is 3. The van der Waals surface area contributed by atoms with Crippen molar-refractivity contribution in [1.82, 2.24) is 4.90 Å². The van der Waals surface area contributed by atoms with Crippen molar-refractivity contribution in [3.05, 3.63) is 82.9 Å². The third-order valence-corrected chi connectivity index (χ3v) is 6.32. The fourth-order valence-electron chi connectivity index (χ4n) is 4.44. The Morgan fingerprint density at radius 3 is 2.20 bits per heavy atom. The zero-order valence-corrected chi connectivity index (χ0v) is 20.5. The number of aryl methyl sites for hydroxylation is 1. The van der Waals surface area contributed by atoms with Gasteiger partial charge in [-0.3, -0.25) is 9.59 Å². The number of carbonyl (C=O) groups is 2. The predicted molar refractivity (Wildman–Crippen MR) is 134 cm³/mol. The fourth-order valence-corrected chi connectivity index (χ4v) is 4.44. The minimum Gasteiger partial charge on any atom is -0.493 e. The molecular formula is C28H30N2O5. The van der Waals surface area contributed by atoms with E-state index in [9.17, 15) is 9.59 Å². The summed E-state index contributed by atoms with van der Waals surface area (Å²) in [6, 6.07) is 18.3. The molecule has 7 heteroatoms. The van der Waals surface area contributed by atoms with Crippen LogP contribution in [0, 0.1) is 0 Å². The van der Waals surface area contributed by atoms with Crippen LogP contribution in [-0.2, 0) is 17.8 Å². The molecule has 35 heavy (non-hydrogen) atoms. The zero-order valence-electron chi connectivity index (χ0n) is 20.5. The topological polar surface area (TPSA) is 77.1 Å². The highest BCUT2D eigenvalue weighted by Crippen LogP contribution is 2.43. The molecule has 0 spiro atoms. The van der Waals surface area contributed by atoms with E-state index in [-0.39, 0.29) is 18.2 Å². The van der Waals surface area contributed by atoms with E-state index in [1.165, 1.54) is 12.7 Å². The lowest BCUT2D eigenvalue weighted by Gasteiger charge is -2.29. The molecule has 1 N–H and O–H groups in total. The summed E-state index contributed by atoms with van der Waals surface area (Å²) in [5.41, 5.74) is 4.22. The van der Waals surface area contributed by atoms with Crippen molar-refractivity contribution in [3.63, 3.8) is 0 Å². The highest BCUT2D eigenvalue weighted by atomic mass is 16.5. The molecule has 0 saturated heterocycles. The highest BCUT2D eigenvalue weighted by molar-refractivity contribution is 5.99. The maximum Gasteiger partial charge on any atom is 0.255 e. The van der Waals surface area contributed by atoms with E-state index in [1.807, 2.05) is 48.5 Å². The molecule has 2 amide bonds. The molecule has 3 aromatic rings. The maximum atomic E-state index is 13.4. The van der Waals surface area contributed by atoms with E-state index in [0.29, 0.717) is 35.0 Å². The lowest BCUT2D eigenvalue weighted by atomic mass is 10.00. The summed E-state index contributed by atoms with van der Waals surface area (Å²) >= 11 is 0. The van der Waals surface area contributed by atoms with Gasteiger partial charge in [0.05, 0.1) is 33.8 Å². The summed E-state index contributed by atoms with van der Waals surface area (Å²) in [6.07, 6.45) is 0.989. The SMILES string of the molecule is CCc1ccc(NC(=O)C[C@@H](c2cc(OC)c(OC)c(OC)c2)N2Cc3ccccc3C2=O)cc1. The largest absolute Gasteiger partial charge is 0.493 e. The summed E-state index contributed by atoms with van der Waals surface area (Å²) in [5.74, 6) is 1.07. The molecule has 0 aromatic heterocycles. The number of rotatable bonds is 9. The van der Waals surface area contributed by atoms with E-state index >= 15 is 0 Å². The number of hydrogen-bond donors (Lipinski definition) is 1. The maximum absolute atomic E-state index is 13.4. The van der Waals surface area contributed by atoms with Crippen molar-refractivity contribution < 1.29 is 23.8 Å². The summed E-state index contributed by atoms with van der Waals surface area (Å²) < 4.78 is 16.5. The van der Waals surface area contributed by atoms with Crippen LogP contribution in [-0.4, -0.2) is 38.0 Å². The third kappa shape index (κ3) is 4.94. The van der Waals surface area contributed by atoms with Gasteiger partial charge in [0.25, 0.3) is 5.91 Å². The number of nitrogens with one attached hydrogen (secondary N) is 1. The Balaban J connectivity index is 1.69. The van der Waals surface area contributed by atoms with Crippen LogP contribution in [0.2, 0.25) is 0 Å². The second-order valence-corrected chi connectivity index (χ2v) is 8.37. The first-order valence-electron chi connectivity index (χ1n) is 11.6. The van der Waals surface area contributed by atoms with Crippen molar-refractivity contribution in [2.24, 2.45) is 0 Å². The number of fused-ring (bicyclic) bond motifs is 1. The van der Waals surface area contributed by atoms with Crippen molar-refractivity contribution in [2.75, 3.05) is 26.6 Å². The molecular weight excluding hydrogens is 444 g/mol. The molecule has 0 aliphatic carbocycles. The molecule has 1 heterocycles. The predicted octanol–water partition coefficient (Wildman–Crippen LogP) is 5.00. The monoisotopic (exact) mass is 474 g/mol. The van der Waals surface area contributed by atoms with Crippen LogP contribution in [0.3, 0.4) is 0 Å². The minimum atomic E-state index is -0.543. The van der Waals surface area contributed by atoms with Crippen LogP contribution < -0.4 is 19.5 Å². The Bertz CT molecular complexity index is 1200. The molecule has 7 nitrogen and oxygen atoms in total. The van der Waals surface area contributed by atoms with Crippen LogP contribution in [0.15, 0.2) is 60.7 Å². The van der Waals surface area contributed by atoms with Crippen LogP contribution >= 0.6 is 0 Å². The average molecular weight is 475 g/mol. The Morgan fingerprint density at radius 1 is 0.971 bits per heavy atom. The first-order valence-corrected chi connectivity index (χ1v) is 11.6. The Kier molecular flexibility index (Phi) is 7.25. The van der Waals surface area contributed by atoms with E-state index in [0.717, 1.165) is 17.5 Å². The normalized spacial score (nSPS) is 13.3. The first-order chi connectivity index (χ1) is 17.0. The second kappa shape index (κ2) is 10.5. The lowest BCUT2D eigenvalue weighted by Crippen LogP contribution is -2.32. The summed E-state index contributed by atoms with van der Waals surface area (Å²) in [5, 5.41) is 2.97. The van der Waals surface area contributed by atoms with Gasteiger partial charge in [0.15, 0.2) is 11.5 Å². The average Bonchev–Trinajstić information content (AvgIpc) is 3.22. The molecule has 0 radical (unpaired) electrons. The zero-order chi connectivity index (χ0) is 24.9. The molecule has 1 aliphatic heterocycles. The molecule has 0 fully saturated rings. The molecule has 1 aliphatic rings. The lowest BCUT2D eigenvalue weighted by molar-refractivity contribution is -0.117. The molecule has 182 valence electrons. The van der Waals surface area contributed by atoms with E-state index in [2.05, 4.69) is 12.2 Å². The molecule has 0 unspecified atom stereocenters. The quantitative estimate of drug-likeness (QED) is 0.472. The van der Waals surface area contributed by atoms with Crippen molar-refractivity contribution >= 4 is 17.5 Å². The third-order valence-electron chi connectivity index (χ3n) is 6.32. The van der Waals surface area contributed by atoms with Gasteiger partial charge in [-0.25, -0.2) is 0 Å². The standard InChI is InChI=1S/C28H30N2O5/c1-5-18-10-12-21(13-11-18)29-26(31)16-23(30-17-19-8-6-7-9-22(19)28(30)32)20-14-24(33-2)27(35-4)25(15-20)34-3/h6-15,23H,5,16-17H2,1-4H3,(H,29,31)/t23-/m0/s1. The number of ether oxygens (including phenoxy) is 3. The first kappa shape index (κ1) is 24.1. The molecule has 3 aromatic carbocycles. The van der Waals surface area contributed by atoms with Crippen molar-refractivity contribution in [1.29, 1.82) is 0 Å². The van der Waals surface area contributed by atoms with E-state index in [4.69, 9.17) is 14.2 Å². The number of nitrogens with zero attached hydrogens (tertiary/aromatic N) is 1. The van der Waals surface area contributed by atoms with Gasteiger partial charge in [-0.2, -0.15) is 0 Å². The number of hydrogen-bond acceptors (Lipinski definition) is 5. The molecule has 0 saturated carbocycles. The van der Waals surface area contributed by atoms with Crippen molar-refractivity contribution in [2.45, 2.75) is 32.4 Å². The highest BCUT2D eigenvalue weighted by Gasteiger charge is 2.35.